The predicted molar refractivity (Wildman–Crippen MR) is 98.5 cm³/mol. The molecule has 0 saturated heterocycles. The smallest absolute Gasteiger partial charge is 0.263 e. The second-order valence-electron chi connectivity index (χ2n) is 5.68. The topological polar surface area (TPSA) is 53.3 Å². The van der Waals surface area contributed by atoms with Gasteiger partial charge < -0.3 is 9.64 Å². The Bertz CT molecular complexity index is 711. The van der Waals surface area contributed by atoms with Gasteiger partial charge in [-0.05, 0) is 43.2 Å². The van der Waals surface area contributed by atoms with E-state index < -0.39 is 6.10 Å². The molecule has 0 fully saturated rings. The first-order valence-corrected chi connectivity index (χ1v) is 8.60. The van der Waals surface area contributed by atoms with Crippen molar-refractivity contribution in [3.05, 3.63) is 65.2 Å². The van der Waals surface area contributed by atoms with Gasteiger partial charge in [0.15, 0.2) is 6.10 Å². The maximum Gasteiger partial charge on any atom is 0.263 e. The molecule has 2 aromatic carbocycles. The van der Waals surface area contributed by atoms with Gasteiger partial charge in [-0.15, -0.1) is 0 Å². The van der Waals surface area contributed by atoms with E-state index in [0.717, 1.165) is 12.0 Å². The van der Waals surface area contributed by atoms with Crippen LogP contribution < -0.4 is 4.74 Å². The summed E-state index contributed by atoms with van der Waals surface area (Å²) in [5.74, 6) is 0.467. The Kier molecular flexibility index (Phi) is 7.31. The van der Waals surface area contributed by atoms with Crippen LogP contribution in [0.5, 0.6) is 5.75 Å². The number of hydrogen-bond donors (Lipinski definition) is 0. The van der Waals surface area contributed by atoms with Crippen LogP contribution in [0.25, 0.3) is 0 Å². The minimum Gasteiger partial charge on any atom is -0.481 e. The minimum absolute atomic E-state index is 0.124. The van der Waals surface area contributed by atoms with Crippen molar-refractivity contribution >= 4 is 17.5 Å². The Hall–Kier alpha value is -2.51. The Morgan fingerprint density at radius 2 is 1.84 bits per heavy atom. The van der Waals surface area contributed by atoms with Gasteiger partial charge in [-0.3, -0.25) is 4.79 Å². The number of carbonyl (C=O) groups excluding carboxylic acids is 1. The molecule has 4 nitrogen and oxygen atoms in total. The fourth-order valence-electron chi connectivity index (χ4n) is 2.45. The number of rotatable bonds is 8. The van der Waals surface area contributed by atoms with E-state index in [4.69, 9.17) is 21.6 Å². The first kappa shape index (κ1) is 18.8. The molecule has 0 heterocycles. The average Bonchev–Trinajstić information content (AvgIpc) is 2.64. The van der Waals surface area contributed by atoms with E-state index in [1.807, 2.05) is 30.3 Å². The van der Waals surface area contributed by atoms with Gasteiger partial charge in [0.2, 0.25) is 0 Å². The van der Waals surface area contributed by atoms with Crippen LogP contribution in [0.3, 0.4) is 0 Å². The van der Waals surface area contributed by atoms with Crippen molar-refractivity contribution in [3.8, 4) is 11.8 Å². The number of benzene rings is 2. The monoisotopic (exact) mass is 356 g/mol. The van der Waals surface area contributed by atoms with Crippen LogP contribution in [0.1, 0.15) is 18.9 Å². The lowest BCUT2D eigenvalue weighted by atomic mass is 10.1. The number of nitriles is 1. The van der Waals surface area contributed by atoms with Crippen molar-refractivity contribution in [2.45, 2.75) is 25.9 Å². The number of amides is 1. The van der Waals surface area contributed by atoms with Crippen molar-refractivity contribution in [2.75, 3.05) is 13.1 Å². The van der Waals surface area contributed by atoms with Crippen LogP contribution in [-0.2, 0) is 11.2 Å². The van der Waals surface area contributed by atoms with E-state index in [-0.39, 0.29) is 5.91 Å². The summed E-state index contributed by atoms with van der Waals surface area (Å²) in [7, 11) is 0. The number of hydrogen-bond acceptors (Lipinski definition) is 3. The summed E-state index contributed by atoms with van der Waals surface area (Å²) in [6.07, 6.45) is 0.413. The third-order valence-electron chi connectivity index (χ3n) is 3.79. The van der Waals surface area contributed by atoms with Crippen molar-refractivity contribution in [3.63, 3.8) is 0 Å². The zero-order valence-corrected chi connectivity index (χ0v) is 14.9. The predicted octanol–water partition coefficient (Wildman–Crippen LogP) is 4.09. The molecule has 2 rings (SSSR count). The zero-order valence-electron chi connectivity index (χ0n) is 14.2. The van der Waals surface area contributed by atoms with Gasteiger partial charge >= 0.3 is 0 Å². The van der Waals surface area contributed by atoms with E-state index in [1.54, 1.807) is 36.1 Å². The molecule has 0 aliphatic rings. The third-order valence-corrected chi connectivity index (χ3v) is 4.04. The Labute approximate surface area is 153 Å². The lowest BCUT2D eigenvalue weighted by molar-refractivity contribution is -0.137. The van der Waals surface area contributed by atoms with Crippen molar-refractivity contribution < 1.29 is 9.53 Å². The highest BCUT2D eigenvalue weighted by Crippen LogP contribution is 2.17. The highest BCUT2D eigenvalue weighted by atomic mass is 35.5. The molecule has 25 heavy (non-hydrogen) atoms. The van der Waals surface area contributed by atoms with Crippen molar-refractivity contribution in [2.24, 2.45) is 0 Å². The standard InChI is InChI=1S/C20H21ClN2O2/c1-16(25-19-10-8-18(21)9-11-19)20(24)23(14-5-13-22)15-12-17-6-3-2-4-7-17/h2-4,6-11,16H,5,12,14-15H2,1H3. The van der Waals surface area contributed by atoms with E-state index in [9.17, 15) is 4.79 Å². The molecular formula is C20H21ClN2O2. The molecule has 0 bridgehead atoms. The van der Waals surface area contributed by atoms with E-state index >= 15 is 0 Å². The quantitative estimate of drug-likeness (QED) is 0.715. The first-order chi connectivity index (χ1) is 12.1. The maximum atomic E-state index is 12.7. The largest absolute Gasteiger partial charge is 0.481 e. The molecule has 0 spiro atoms. The van der Waals surface area contributed by atoms with Crippen LogP contribution in [-0.4, -0.2) is 30.0 Å². The SMILES string of the molecule is CC(Oc1ccc(Cl)cc1)C(=O)N(CCC#N)CCc1ccccc1. The highest BCUT2D eigenvalue weighted by Gasteiger charge is 2.21. The van der Waals surface area contributed by atoms with Gasteiger partial charge in [0.05, 0.1) is 12.5 Å². The van der Waals surface area contributed by atoms with Crippen molar-refractivity contribution in [1.82, 2.24) is 4.90 Å². The summed E-state index contributed by atoms with van der Waals surface area (Å²) >= 11 is 5.86. The minimum atomic E-state index is -0.629. The molecule has 1 unspecified atom stereocenters. The lowest BCUT2D eigenvalue weighted by Gasteiger charge is -2.25. The van der Waals surface area contributed by atoms with Gasteiger partial charge in [-0.2, -0.15) is 5.26 Å². The van der Waals surface area contributed by atoms with E-state index in [2.05, 4.69) is 6.07 Å². The summed E-state index contributed by atoms with van der Waals surface area (Å²) in [4.78, 5) is 14.4. The van der Waals surface area contributed by atoms with Crippen LogP contribution in [0.15, 0.2) is 54.6 Å². The Morgan fingerprint density at radius 3 is 2.48 bits per heavy atom. The van der Waals surface area contributed by atoms with Gasteiger partial charge in [0.1, 0.15) is 5.75 Å². The van der Waals surface area contributed by atoms with Gasteiger partial charge in [0.25, 0.3) is 5.91 Å². The molecule has 2 aromatic rings. The molecule has 0 radical (unpaired) electrons. The lowest BCUT2D eigenvalue weighted by Crippen LogP contribution is -2.42. The Morgan fingerprint density at radius 1 is 1.16 bits per heavy atom. The Balaban J connectivity index is 1.98. The fraction of sp³-hybridized carbons (Fsp3) is 0.300. The van der Waals surface area contributed by atoms with Crippen LogP contribution in [0, 0.1) is 11.3 Å². The fourth-order valence-corrected chi connectivity index (χ4v) is 2.58. The van der Waals surface area contributed by atoms with Crippen LogP contribution in [0.2, 0.25) is 5.02 Å². The second-order valence-corrected chi connectivity index (χ2v) is 6.12. The van der Waals surface area contributed by atoms with Gasteiger partial charge in [0, 0.05) is 18.1 Å². The molecule has 0 aliphatic heterocycles. The third kappa shape index (κ3) is 6.13. The molecular weight excluding hydrogens is 336 g/mol. The van der Waals surface area contributed by atoms with Gasteiger partial charge in [-0.1, -0.05) is 41.9 Å². The second kappa shape index (κ2) is 9.71. The molecule has 0 N–H and O–H groups in total. The zero-order chi connectivity index (χ0) is 18.1. The van der Waals surface area contributed by atoms with Crippen LogP contribution >= 0.6 is 11.6 Å². The van der Waals surface area contributed by atoms with Crippen molar-refractivity contribution in [1.29, 1.82) is 5.26 Å². The van der Waals surface area contributed by atoms with E-state index in [0.29, 0.717) is 30.3 Å². The molecule has 0 aromatic heterocycles. The maximum absolute atomic E-state index is 12.7. The summed E-state index contributed by atoms with van der Waals surface area (Å²) in [5, 5.41) is 9.47. The van der Waals surface area contributed by atoms with E-state index in [1.165, 1.54) is 0 Å². The molecule has 130 valence electrons. The first-order valence-electron chi connectivity index (χ1n) is 8.22. The average molecular weight is 357 g/mol. The summed E-state index contributed by atoms with van der Waals surface area (Å²) in [6, 6.07) is 19.0. The summed E-state index contributed by atoms with van der Waals surface area (Å²) in [5.41, 5.74) is 1.16. The highest BCUT2D eigenvalue weighted by molar-refractivity contribution is 6.30. The van der Waals surface area contributed by atoms with Gasteiger partial charge in [-0.25, -0.2) is 0 Å². The molecule has 0 saturated carbocycles. The van der Waals surface area contributed by atoms with Crippen LogP contribution in [0.4, 0.5) is 0 Å². The normalized spacial score (nSPS) is 11.4. The number of ether oxygens (including phenoxy) is 1. The summed E-state index contributed by atoms with van der Waals surface area (Å²) < 4.78 is 5.71. The molecule has 1 atom stereocenters. The molecule has 1 amide bonds. The molecule has 0 aliphatic carbocycles. The molecule has 5 heteroatoms. The summed E-state index contributed by atoms with van der Waals surface area (Å²) in [6.45, 7) is 2.67. The number of halogens is 1. The number of carbonyl (C=O) groups is 1. The number of nitrogens with zero attached hydrogens (tertiary/aromatic N) is 2.